The molecule has 0 spiro atoms. The Balaban J connectivity index is 1.73. The van der Waals surface area contributed by atoms with Crippen molar-refractivity contribution in [1.29, 1.82) is 0 Å². The summed E-state index contributed by atoms with van der Waals surface area (Å²) in [7, 11) is 0. The van der Waals surface area contributed by atoms with Gasteiger partial charge in [-0.3, -0.25) is 0 Å². The number of nitrogens with zero attached hydrogens (tertiary/aromatic N) is 3. The van der Waals surface area contributed by atoms with Crippen molar-refractivity contribution < 1.29 is 17.9 Å². The van der Waals surface area contributed by atoms with Crippen LogP contribution in [0.5, 0.6) is 5.75 Å². The van der Waals surface area contributed by atoms with Crippen molar-refractivity contribution in [1.82, 2.24) is 14.8 Å². The Kier molecular flexibility index (Phi) is 4.85. The van der Waals surface area contributed by atoms with E-state index in [1.165, 1.54) is 35.3 Å². The van der Waals surface area contributed by atoms with Gasteiger partial charge in [-0.05, 0) is 48.0 Å². The lowest BCUT2D eigenvalue weighted by molar-refractivity contribution is -0.274. The number of benzene rings is 2. The van der Waals surface area contributed by atoms with Crippen LogP contribution in [0.3, 0.4) is 0 Å². The Morgan fingerprint density at radius 1 is 1.08 bits per heavy atom. The second kappa shape index (κ2) is 7.09. The molecular weight excluding hydrogens is 369 g/mol. The number of aromatic nitrogens is 3. The smallest absolute Gasteiger partial charge is 0.406 e. The second-order valence-electron chi connectivity index (χ2n) is 5.20. The molecule has 1 aromatic heterocycles. The number of ether oxygens (including phenoxy) is 1. The van der Waals surface area contributed by atoms with Crippen LogP contribution in [0, 0.1) is 0 Å². The molecule has 26 heavy (non-hydrogen) atoms. The third-order valence-corrected chi connectivity index (χ3v) is 3.62. The maximum atomic E-state index is 12.2. The Labute approximate surface area is 151 Å². The highest BCUT2D eigenvalue weighted by Crippen LogP contribution is 2.24. The quantitative estimate of drug-likeness (QED) is 0.673. The molecule has 0 saturated heterocycles. The van der Waals surface area contributed by atoms with Crippen LogP contribution in [0.4, 0.5) is 18.9 Å². The molecule has 3 aromatic rings. The minimum Gasteiger partial charge on any atom is -0.406 e. The topological polar surface area (TPSA) is 66.0 Å². The normalized spacial score (nSPS) is 11.8. The van der Waals surface area contributed by atoms with Gasteiger partial charge in [0.2, 0.25) is 0 Å². The van der Waals surface area contributed by atoms with E-state index in [2.05, 4.69) is 14.8 Å². The highest BCUT2D eigenvalue weighted by Gasteiger charge is 2.30. The minimum absolute atomic E-state index is 0.304. The predicted octanol–water partition coefficient (Wildman–Crippen LogP) is 4.57. The van der Waals surface area contributed by atoms with E-state index in [1.54, 1.807) is 30.4 Å². The molecule has 9 heteroatoms. The van der Waals surface area contributed by atoms with Crippen molar-refractivity contribution in [2.24, 2.45) is 0 Å². The largest absolute Gasteiger partial charge is 0.573 e. The number of hydrogen-bond donors (Lipinski definition) is 1. The molecule has 5 nitrogen and oxygen atoms in total. The molecule has 0 fully saturated rings. The number of nitrogen functional groups attached to an aromatic ring is 1. The fourth-order valence-corrected chi connectivity index (χ4v) is 2.28. The molecule has 0 radical (unpaired) electrons. The van der Waals surface area contributed by atoms with E-state index < -0.39 is 6.36 Å². The highest BCUT2D eigenvalue weighted by atomic mass is 35.5. The van der Waals surface area contributed by atoms with Crippen molar-refractivity contribution >= 4 is 29.4 Å². The van der Waals surface area contributed by atoms with Crippen LogP contribution in [0.2, 0.25) is 5.02 Å². The summed E-state index contributed by atoms with van der Waals surface area (Å²) in [6.07, 6.45) is 0.178. The summed E-state index contributed by atoms with van der Waals surface area (Å²) in [5.74, 6) is 0.121. The summed E-state index contributed by atoms with van der Waals surface area (Å²) in [6.45, 7) is 0. The minimum atomic E-state index is -4.72. The van der Waals surface area contributed by atoms with Gasteiger partial charge < -0.3 is 10.5 Å². The van der Waals surface area contributed by atoms with Crippen molar-refractivity contribution in [2.75, 3.05) is 5.73 Å². The average Bonchev–Trinajstić information content (AvgIpc) is 3.04. The van der Waals surface area contributed by atoms with Crippen molar-refractivity contribution in [2.45, 2.75) is 6.36 Å². The molecule has 0 saturated carbocycles. The van der Waals surface area contributed by atoms with E-state index in [-0.39, 0.29) is 5.75 Å². The van der Waals surface area contributed by atoms with Gasteiger partial charge in [0.1, 0.15) is 12.1 Å². The predicted molar refractivity (Wildman–Crippen MR) is 92.8 cm³/mol. The summed E-state index contributed by atoms with van der Waals surface area (Å²) in [5, 5.41) is 4.69. The lowest BCUT2D eigenvalue weighted by Gasteiger charge is -2.09. The SMILES string of the molecule is Nc1ccc(/C=C/c2ncn(-c3ccc(OC(F)(F)F)cc3)n2)cc1Cl. The summed E-state index contributed by atoms with van der Waals surface area (Å²) < 4.78 is 41.8. The van der Waals surface area contributed by atoms with Crippen LogP contribution < -0.4 is 10.5 Å². The first-order valence-electron chi connectivity index (χ1n) is 7.31. The van der Waals surface area contributed by atoms with Crippen molar-refractivity contribution in [3.05, 3.63) is 65.2 Å². The number of anilines is 1. The Morgan fingerprint density at radius 3 is 2.46 bits per heavy atom. The van der Waals surface area contributed by atoms with Gasteiger partial charge in [-0.2, -0.15) is 0 Å². The van der Waals surface area contributed by atoms with E-state index in [9.17, 15) is 13.2 Å². The molecule has 0 atom stereocenters. The maximum Gasteiger partial charge on any atom is 0.573 e. The van der Waals surface area contributed by atoms with Gasteiger partial charge in [0.05, 0.1) is 16.4 Å². The molecule has 0 amide bonds. The van der Waals surface area contributed by atoms with E-state index >= 15 is 0 Å². The number of rotatable bonds is 4. The first-order chi connectivity index (χ1) is 12.3. The Bertz CT molecular complexity index is 936. The van der Waals surface area contributed by atoms with Gasteiger partial charge >= 0.3 is 6.36 Å². The first-order valence-corrected chi connectivity index (χ1v) is 7.69. The van der Waals surface area contributed by atoms with Crippen LogP contribution >= 0.6 is 11.6 Å². The Hall–Kier alpha value is -3.00. The van der Waals surface area contributed by atoms with Gasteiger partial charge in [0, 0.05) is 0 Å². The first kappa shape index (κ1) is 17.8. The van der Waals surface area contributed by atoms with Crippen molar-refractivity contribution in [3.63, 3.8) is 0 Å². The third kappa shape index (κ3) is 4.54. The zero-order valence-electron chi connectivity index (χ0n) is 13.1. The summed E-state index contributed by atoms with van der Waals surface area (Å²) in [4.78, 5) is 4.13. The number of halogens is 4. The van der Waals surface area contributed by atoms with E-state index in [0.717, 1.165) is 5.56 Å². The lowest BCUT2D eigenvalue weighted by Crippen LogP contribution is -2.17. The monoisotopic (exact) mass is 380 g/mol. The molecule has 0 unspecified atom stereocenters. The molecule has 1 heterocycles. The van der Waals surface area contributed by atoms with E-state index in [0.29, 0.717) is 22.2 Å². The third-order valence-electron chi connectivity index (χ3n) is 3.29. The molecule has 2 aromatic carbocycles. The fourth-order valence-electron chi connectivity index (χ4n) is 2.09. The van der Waals surface area contributed by atoms with Gasteiger partial charge in [0.15, 0.2) is 5.82 Å². The molecule has 0 aliphatic rings. The summed E-state index contributed by atoms with van der Waals surface area (Å²) >= 11 is 5.96. The van der Waals surface area contributed by atoms with Gasteiger partial charge in [-0.15, -0.1) is 18.3 Å². The zero-order valence-corrected chi connectivity index (χ0v) is 13.9. The molecule has 0 bridgehead atoms. The fraction of sp³-hybridized carbons (Fsp3) is 0.0588. The van der Waals surface area contributed by atoms with Gasteiger partial charge in [-0.25, -0.2) is 9.67 Å². The number of alkyl halides is 3. The molecule has 0 aliphatic heterocycles. The zero-order chi connectivity index (χ0) is 18.7. The van der Waals surface area contributed by atoms with Gasteiger partial charge in [-0.1, -0.05) is 23.7 Å². The van der Waals surface area contributed by atoms with E-state index in [4.69, 9.17) is 17.3 Å². The van der Waals surface area contributed by atoms with Crippen molar-refractivity contribution in [3.8, 4) is 11.4 Å². The van der Waals surface area contributed by atoms with Crippen LogP contribution in [0.1, 0.15) is 11.4 Å². The van der Waals surface area contributed by atoms with Crippen LogP contribution in [0.15, 0.2) is 48.8 Å². The average molecular weight is 381 g/mol. The number of nitrogens with two attached hydrogens (primary N) is 1. The molecule has 134 valence electrons. The molecular formula is C17H12ClF3N4O. The van der Waals surface area contributed by atoms with Gasteiger partial charge in [0.25, 0.3) is 0 Å². The lowest BCUT2D eigenvalue weighted by atomic mass is 10.2. The molecule has 0 aliphatic carbocycles. The number of hydrogen-bond acceptors (Lipinski definition) is 4. The van der Waals surface area contributed by atoms with Crippen LogP contribution in [-0.2, 0) is 0 Å². The highest BCUT2D eigenvalue weighted by molar-refractivity contribution is 6.33. The second-order valence-corrected chi connectivity index (χ2v) is 5.61. The molecule has 2 N–H and O–H groups in total. The standard InChI is InChI=1S/C17H12ClF3N4O/c18-14-9-11(1-7-15(14)22)2-8-16-23-10-25(24-16)12-3-5-13(6-4-12)26-17(19,20)21/h1-10H,22H2/b8-2+. The summed E-state index contributed by atoms with van der Waals surface area (Å²) in [5.41, 5.74) is 7.51. The van der Waals surface area contributed by atoms with Crippen LogP contribution in [-0.4, -0.2) is 21.1 Å². The molecule has 3 rings (SSSR count). The van der Waals surface area contributed by atoms with E-state index in [1.807, 2.05) is 0 Å². The Morgan fingerprint density at radius 2 is 1.81 bits per heavy atom. The van der Waals surface area contributed by atoms with Crippen LogP contribution in [0.25, 0.3) is 17.8 Å². The maximum absolute atomic E-state index is 12.2. The summed E-state index contributed by atoms with van der Waals surface area (Å²) in [6, 6.07) is 10.5.